The zero-order chi connectivity index (χ0) is 9.90. The SMILES string of the molecule is Cl.Cl.NCC(N1CCOCC1)C(F)(F)F. The lowest BCUT2D eigenvalue weighted by molar-refractivity contribution is -0.188. The molecule has 1 aliphatic heterocycles. The minimum Gasteiger partial charge on any atom is -0.379 e. The fourth-order valence-corrected chi connectivity index (χ4v) is 1.38. The molecule has 1 saturated heterocycles. The van der Waals surface area contributed by atoms with Crippen molar-refractivity contribution < 1.29 is 17.9 Å². The Hall–Kier alpha value is 0.250. The summed E-state index contributed by atoms with van der Waals surface area (Å²) in [7, 11) is 0. The molecule has 2 N–H and O–H groups in total. The lowest BCUT2D eigenvalue weighted by Gasteiger charge is -2.34. The molecule has 0 bridgehead atoms. The lowest BCUT2D eigenvalue weighted by atomic mass is 10.2. The van der Waals surface area contributed by atoms with E-state index < -0.39 is 12.2 Å². The standard InChI is InChI=1S/C7H13F3N2O.2ClH/c8-7(9,10)6(5-11)12-1-3-13-4-2-12;;/h6H,1-5,11H2;2*1H. The predicted molar refractivity (Wildman–Crippen MR) is 55.8 cm³/mol. The summed E-state index contributed by atoms with van der Waals surface area (Å²) in [5.74, 6) is 0. The molecule has 3 nitrogen and oxygen atoms in total. The van der Waals surface area contributed by atoms with Crippen molar-refractivity contribution in [1.29, 1.82) is 0 Å². The van der Waals surface area contributed by atoms with Gasteiger partial charge in [0.25, 0.3) is 0 Å². The minimum atomic E-state index is -4.23. The number of morpholine rings is 1. The van der Waals surface area contributed by atoms with E-state index in [9.17, 15) is 13.2 Å². The van der Waals surface area contributed by atoms with Crippen molar-refractivity contribution in [1.82, 2.24) is 4.90 Å². The third-order valence-electron chi connectivity index (χ3n) is 2.09. The Labute approximate surface area is 98.9 Å². The number of alkyl halides is 3. The normalized spacial score (nSPS) is 20.0. The Morgan fingerprint density at radius 1 is 1.20 bits per heavy atom. The van der Waals surface area contributed by atoms with E-state index in [0.29, 0.717) is 26.3 Å². The molecule has 1 heterocycles. The molecule has 1 aliphatic rings. The second-order valence-corrected chi connectivity index (χ2v) is 2.94. The molecule has 0 aromatic carbocycles. The Morgan fingerprint density at radius 2 is 1.67 bits per heavy atom. The summed E-state index contributed by atoms with van der Waals surface area (Å²) >= 11 is 0. The van der Waals surface area contributed by atoms with Crippen molar-refractivity contribution in [2.45, 2.75) is 12.2 Å². The maximum atomic E-state index is 12.3. The Balaban J connectivity index is 0. The van der Waals surface area contributed by atoms with Gasteiger partial charge in [-0.15, -0.1) is 24.8 Å². The maximum Gasteiger partial charge on any atom is 0.405 e. The Bertz CT molecular complexity index is 165. The summed E-state index contributed by atoms with van der Waals surface area (Å²) in [6.45, 7) is 0.936. The molecule has 94 valence electrons. The zero-order valence-electron chi connectivity index (χ0n) is 8.00. The van der Waals surface area contributed by atoms with Gasteiger partial charge in [-0.1, -0.05) is 0 Å². The smallest absolute Gasteiger partial charge is 0.379 e. The molecule has 0 aromatic heterocycles. The van der Waals surface area contributed by atoms with Crippen molar-refractivity contribution in [2.24, 2.45) is 5.73 Å². The molecule has 1 fully saturated rings. The van der Waals surface area contributed by atoms with Gasteiger partial charge in [0.05, 0.1) is 13.2 Å². The second-order valence-electron chi connectivity index (χ2n) is 2.94. The molecule has 0 saturated carbocycles. The third-order valence-corrected chi connectivity index (χ3v) is 2.09. The second kappa shape index (κ2) is 7.51. The molecule has 0 amide bonds. The highest BCUT2D eigenvalue weighted by atomic mass is 35.5. The van der Waals surface area contributed by atoms with Gasteiger partial charge in [-0.25, -0.2) is 0 Å². The zero-order valence-corrected chi connectivity index (χ0v) is 9.63. The number of halogens is 5. The molecule has 0 aliphatic carbocycles. The fourth-order valence-electron chi connectivity index (χ4n) is 1.38. The molecule has 0 aromatic rings. The lowest BCUT2D eigenvalue weighted by Crippen LogP contribution is -2.54. The number of rotatable bonds is 2. The number of nitrogens with zero attached hydrogens (tertiary/aromatic N) is 1. The van der Waals surface area contributed by atoms with E-state index in [1.807, 2.05) is 0 Å². The summed E-state index contributed by atoms with van der Waals surface area (Å²) in [5, 5.41) is 0. The van der Waals surface area contributed by atoms with Gasteiger partial charge in [-0.05, 0) is 0 Å². The Kier molecular flexibility index (Phi) is 8.83. The summed E-state index contributed by atoms with van der Waals surface area (Å²) in [5.41, 5.74) is 5.09. The Morgan fingerprint density at radius 3 is 2.00 bits per heavy atom. The summed E-state index contributed by atoms with van der Waals surface area (Å²) in [6.07, 6.45) is -4.23. The first-order valence-electron chi connectivity index (χ1n) is 4.14. The molecular weight excluding hydrogens is 256 g/mol. The minimum absolute atomic E-state index is 0. The van der Waals surface area contributed by atoms with Crippen LogP contribution in [0.5, 0.6) is 0 Å². The van der Waals surface area contributed by atoms with Crippen LogP contribution < -0.4 is 5.73 Å². The third kappa shape index (κ3) is 5.21. The topological polar surface area (TPSA) is 38.5 Å². The molecule has 1 rings (SSSR count). The van der Waals surface area contributed by atoms with Gasteiger partial charge in [0.2, 0.25) is 0 Å². The van der Waals surface area contributed by atoms with Gasteiger partial charge < -0.3 is 10.5 Å². The van der Waals surface area contributed by atoms with Crippen molar-refractivity contribution >= 4 is 24.8 Å². The van der Waals surface area contributed by atoms with Crippen LogP contribution in [0.15, 0.2) is 0 Å². The molecule has 15 heavy (non-hydrogen) atoms. The van der Waals surface area contributed by atoms with Crippen molar-refractivity contribution in [3.05, 3.63) is 0 Å². The number of ether oxygens (including phenoxy) is 1. The van der Waals surface area contributed by atoms with E-state index in [4.69, 9.17) is 10.5 Å². The number of hydrogen-bond acceptors (Lipinski definition) is 3. The summed E-state index contributed by atoms with van der Waals surface area (Å²) < 4.78 is 42.0. The van der Waals surface area contributed by atoms with Crippen LogP contribution in [0.4, 0.5) is 13.2 Å². The van der Waals surface area contributed by atoms with Crippen LogP contribution in [0.3, 0.4) is 0 Å². The van der Waals surface area contributed by atoms with Crippen LogP contribution in [-0.2, 0) is 4.74 Å². The van der Waals surface area contributed by atoms with Gasteiger partial charge in [-0.3, -0.25) is 4.90 Å². The van der Waals surface area contributed by atoms with Crippen LogP contribution >= 0.6 is 24.8 Å². The average molecular weight is 271 g/mol. The monoisotopic (exact) mass is 270 g/mol. The van der Waals surface area contributed by atoms with E-state index in [2.05, 4.69) is 0 Å². The summed E-state index contributed by atoms with van der Waals surface area (Å²) in [4.78, 5) is 1.32. The van der Waals surface area contributed by atoms with E-state index in [-0.39, 0.29) is 31.4 Å². The first-order chi connectivity index (χ1) is 6.05. The van der Waals surface area contributed by atoms with Crippen molar-refractivity contribution in [2.75, 3.05) is 32.8 Å². The van der Waals surface area contributed by atoms with Gasteiger partial charge in [0.15, 0.2) is 0 Å². The van der Waals surface area contributed by atoms with Gasteiger partial charge in [-0.2, -0.15) is 13.2 Å². The fraction of sp³-hybridized carbons (Fsp3) is 1.00. The van der Waals surface area contributed by atoms with Crippen molar-refractivity contribution in [3.8, 4) is 0 Å². The molecule has 1 unspecified atom stereocenters. The van der Waals surface area contributed by atoms with Crippen LogP contribution in [-0.4, -0.2) is 50.0 Å². The molecule has 0 radical (unpaired) electrons. The first kappa shape index (κ1) is 17.6. The van der Waals surface area contributed by atoms with Gasteiger partial charge >= 0.3 is 6.18 Å². The van der Waals surface area contributed by atoms with E-state index in [1.54, 1.807) is 0 Å². The average Bonchev–Trinajstić information content (AvgIpc) is 2.05. The first-order valence-corrected chi connectivity index (χ1v) is 4.14. The van der Waals surface area contributed by atoms with Gasteiger partial charge in [0, 0.05) is 19.6 Å². The van der Waals surface area contributed by atoms with Crippen LogP contribution in [0, 0.1) is 0 Å². The number of nitrogens with two attached hydrogens (primary N) is 1. The molecule has 0 spiro atoms. The quantitative estimate of drug-likeness (QED) is 0.816. The van der Waals surface area contributed by atoms with Crippen LogP contribution in [0.25, 0.3) is 0 Å². The largest absolute Gasteiger partial charge is 0.405 e. The predicted octanol–water partition coefficient (Wildman–Crippen LogP) is 1.05. The highest BCUT2D eigenvalue weighted by Gasteiger charge is 2.42. The number of hydrogen-bond donors (Lipinski definition) is 1. The highest BCUT2D eigenvalue weighted by Crippen LogP contribution is 2.24. The maximum absolute atomic E-state index is 12.3. The van der Waals surface area contributed by atoms with E-state index >= 15 is 0 Å². The van der Waals surface area contributed by atoms with Crippen LogP contribution in [0.1, 0.15) is 0 Å². The summed E-state index contributed by atoms with van der Waals surface area (Å²) in [6, 6.07) is -1.52. The van der Waals surface area contributed by atoms with Crippen molar-refractivity contribution in [3.63, 3.8) is 0 Å². The van der Waals surface area contributed by atoms with Gasteiger partial charge in [0.1, 0.15) is 6.04 Å². The van der Waals surface area contributed by atoms with E-state index in [1.165, 1.54) is 4.90 Å². The van der Waals surface area contributed by atoms with E-state index in [0.717, 1.165) is 0 Å². The van der Waals surface area contributed by atoms with Crippen LogP contribution in [0.2, 0.25) is 0 Å². The highest BCUT2D eigenvalue weighted by molar-refractivity contribution is 5.85. The molecule has 8 heteroatoms. The molecule has 1 atom stereocenters. The molecular formula is C7H15Cl2F3N2O.